The number of anilines is 2. The number of nitro benzene ring substituents is 2. The topological polar surface area (TPSA) is 142 Å². The van der Waals surface area contributed by atoms with Gasteiger partial charge in [0, 0.05) is 48.7 Å². The Morgan fingerprint density at radius 2 is 1.30 bits per heavy atom. The molecule has 0 aliphatic carbocycles. The van der Waals surface area contributed by atoms with Gasteiger partial charge in [-0.25, -0.2) is 0 Å². The van der Waals surface area contributed by atoms with E-state index in [1.807, 2.05) is 33.1 Å². The van der Waals surface area contributed by atoms with Crippen molar-refractivity contribution in [2.24, 2.45) is 0 Å². The monoisotopic (exact) mass is 534 g/mol. The number of nitro groups is 2. The molecule has 0 unspecified atom stereocenters. The van der Waals surface area contributed by atoms with E-state index in [4.69, 9.17) is 11.6 Å². The van der Waals surface area contributed by atoms with Gasteiger partial charge in [0.2, 0.25) is 11.8 Å². The van der Waals surface area contributed by atoms with Crippen molar-refractivity contribution < 1.29 is 19.4 Å². The third-order valence-electron chi connectivity index (χ3n) is 5.51. The van der Waals surface area contributed by atoms with Crippen LogP contribution in [0.25, 0.3) is 0 Å². The van der Waals surface area contributed by atoms with Crippen LogP contribution >= 0.6 is 11.6 Å². The number of likely N-dealkylation sites (N-methyl/N-ethyl adjacent to an activating group) is 1. The van der Waals surface area contributed by atoms with Crippen LogP contribution in [0, 0.1) is 20.2 Å². The maximum absolute atomic E-state index is 12.0. The lowest BCUT2D eigenvalue weighted by molar-refractivity contribution is -0.385. The largest absolute Gasteiger partial charge is 0.323 e. The first-order valence-electron chi connectivity index (χ1n) is 11.5. The maximum Gasteiger partial charge on any atom is 0.269 e. The molecule has 2 heterocycles. The lowest BCUT2D eigenvalue weighted by Crippen LogP contribution is -2.36. The number of nitrogens with zero attached hydrogens (tertiary/aromatic N) is 5. The van der Waals surface area contributed by atoms with Crippen LogP contribution in [-0.2, 0) is 22.4 Å². The average Bonchev–Trinajstić information content (AvgIpc) is 3.47. The molecule has 13 heteroatoms. The van der Waals surface area contributed by atoms with Gasteiger partial charge in [-0.05, 0) is 64.3 Å². The number of nitrogens with one attached hydrogen (secondary N) is 1. The smallest absolute Gasteiger partial charge is 0.269 e. The molecule has 200 valence electrons. The predicted molar refractivity (Wildman–Crippen MR) is 143 cm³/mol. The number of rotatable bonds is 5. The van der Waals surface area contributed by atoms with Gasteiger partial charge in [0.05, 0.1) is 16.4 Å². The van der Waals surface area contributed by atoms with Crippen LogP contribution < -0.4 is 15.1 Å². The molecule has 12 nitrogen and oxygen atoms in total. The third kappa shape index (κ3) is 7.68. The second kappa shape index (κ2) is 13.6. The number of non-ortho nitro benzene ring substituents is 2. The van der Waals surface area contributed by atoms with Crippen LogP contribution in [0.5, 0.6) is 0 Å². The van der Waals surface area contributed by atoms with Gasteiger partial charge >= 0.3 is 0 Å². The van der Waals surface area contributed by atoms with Crippen LogP contribution in [0.4, 0.5) is 22.7 Å². The molecule has 0 atom stereocenters. The summed E-state index contributed by atoms with van der Waals surface area (Å²) in [7, 11) is 7.43. The first-order valence-corrected chi connectivity index (χ1v) is 12.0. The van der Waals surface area contributed by atoms with Crippen molar-refractivity contribution in [3.8, 4) is 0 Å². The molecule has 0 radical (unpaired) electrons. The fraction of sp³-hybridized carbons (Fsp3) is 0.417. The van der Waals surface area contributed by atoms with E-state index in [9.17, 15) is 29.8 Å². The van der Waals surface area contributed by atoms with E-state index in [1.165, 1.54) is 18.2 Å². The van der Waals surface area contributed by atoms with Crippen LogP contribution in [0.3, 0.4) is 0 Å². The summed E-state index contributed by atoms with van der Waals surface area (Å²) in [6.45, 7) is 1.49. The number of carbonyl (C=O) groups excluding carboxylic acids is 2. The Morgan fingerprint density at radius 3 is 1.65 bits per heavy atom. The summed E-state index contributed by atoms with van der Waals surface area (Å²) in [5.41, 5.74) is 3.36. The average molecular weight is 535 g/mol. The van der Waals surface area contributed by atoms with Gasteiger partial charge < -0.3 is 20.0 Å². The molecular formula is C24H31ClN6O6. The molecule has 0 spiro atoms. The highest BCUT2D eigenvalue weighted by molar-refractivity contribution is 6.29. The summed E-state index contributed by atoms with van der Waals surface area (Å²) in [4.78, 5) is 48.9. The van der Waals surface area contributed by atoms with Crippen molar-refractivity contribution in [3.05, 3.63) is 67.8 Å². The molecule has 2 amide bonds. The van der Waals surface area contributed by atoms with Crippen molar-refractivity contribution in [2.45, 2.75) is 12.8 Å². The van der Waals surface area contributed by atoms with E-state index in [1.54, 1.807) is 28.0 Å². The number of amides is 2. The summed E-state index contributed by atoms with van der Waals surface area (Å²) in [6.07, 6.45) is 1.32. The molecule has 0 fully saturated rings. The van der Waals surface area contributed by atoms with Crippen molar-refractivity contribution in [1.82, 2.24) is 10.2 Å². The van der Waals surface area contributed by atoms with E-state index in [0.717, 1.165) is 22.5 Å². The number of alkyl halides is 1. The Hall–Kier alpha value is -3.61. The predicted octanol–water partition coefficient (Wildman–Crippen LogP) is 2.60. The summed E-state index contributed by atoms with van der Waals surface area (Å²) in [5.74, 6) is -0.224. The first-order chi connectivity index (χ1) is 17.5. The maximum atomic E-state index is 12.0. The van der Waals surface area contributed by atoms with Crippen molar-refractivity contribution in [3.63, 3.8) is 0 Å². The van der Waals surface area contributed by atoms with Gasteiger partial charge in [-0.2, -0.15) is 0 Å². The van der Waals surface area contributed by atoms with Crippen LogP contribution in [0.15, 0.2) is 36.4 Å². The van der Waals surface area contributed by atoms with Crippen molar-refractivity contribution >= 4 is 46.2 Å². The van der Waals surface area contributed by atoms with E-state index < -0.39 is 9.85 Å². The lowest BCUT2D eigenvalue weighted by atomic mass is 10.1. The summed E-state index contributed by atoms with van der Waals surface area (Å²) >= 11 is 5.48. The fourth-order valence-corrected chi connectivity index (χ4v) is 4.09. The Kier molecular flexibility index (Phi) is 10.9. The SMILES string of the molecule is CN(C)CC(=O)N1CCc2cc([N+](=O)[O-])ccc21.CNC.O=C(CCl)N1CCc2cc([N+](=O)[O-])ccc21. The van der Waals surface area contributed by atoms with E-state index >= 15 is 0 Å². The minimum Gasteiger partial charge on any atom is -0.323 e. The number of benzene rings is 2. The van der Waals surface area contributed by atoms with Gasteiger partial charge in [0.1, 0.15) is 5.88 Å². The first kappa shape index (κ1) is 29.6. The molecule has 0 aromatic heterocycles. The molecular weight excluding hydrogens is 504 g/mol. The molecule has 2 aromatic carbocycles. The van der Waals surface area contributed by atoms with Crippen LogP contribution in [0.1, 0.15) is 11.1 Å². The van der Waals surface area contributed by atoms with Crippen LogP contribution in [-0.4, -0.2) is 80.3 Å². The van der Waals surface area contributed by atoms with E-state index in [2.05, 4.69) is 5.32 Å². The molecule has 2 aliphatic heterocycles. The third-order valence-corrected chi connectivity index (χ3v) is 5.74. The van der Waals surface area contributed by atoms with Gasteiger partial charge in [-0.1, -0.05) is 0 Å². The minimum absolute atomic E-state index is 0.0209. The van der Waals surface area contributed by atoms with Gasteiger partial charge in [-0.3, -0.25) is 29.8 Å². The normalized spacial score (nSPS) is 13.1. The standard InChI is InChI=1S/C12H15N3O3.C10H9ClN2O3.C2H7N/c1-13(2)8-12(16)14-6-5-9-7-10(15(17)18)3-4-11(9)14;11-6-10(14)12-4-3-7-5-8(13(15)16)1-2-9(7)12;1-3-2/h3-4,7H,5-6,8H2,1-2H3;1-2,5H,3-4,6H2;3H,1-2H3. The number of fused-ring (bicyclic) bond motifs is 2. The molecule has 1 N–H and O–H groups in total. The lowest BCUT2D eigenvalue weighted by Gasteiger charge is -2.19. The molecule has 4 rings (SSSR count). The Bertz CT molecular complexity index is 1160. The molecule has 2 aliphatic rings. The van der Waals surface area contributed by atoms with Crippen molar-refractivity contribution in [2.75, 3.05) is 63.5 Å². The number of hydrogen-bond acceptors (Lipinski definition) is 8. The molecule has 0 bridgehead atoms. The summed E-state index contributed by atoms with van der Waals surface area (Å²) in [5, 5.41) is 24.0. The van der Waals surface area contributed by atoms with E-state index in [-0.39, 0.29) is 29.1 Å². The highest BCUT2D eigenvalue weighted by atomic mass is 35.5. The van der Waals surface area contributed by atoms with Gasteiger partial charge in [0.25, 0.3) is 11.4 Å². The number of hydrogen-bond donors (Lipinski definition) is 1. The molecule has 0 saturated heterocycles. The second-order valence-electron chi connectivity index (χ2n) is 8.60. The highest BCUT2D eigenvalue weighted by Gasteiger charge is 2.27. The molecule has 0 saturated carbocycles. The summed E-state index contributed by atoms with van der Waals surface area (Å²) < 4.78 is 0. The highest BCUT2D eigenvalue weighted by Crippen LogP contribution is 2.32. The zero-order valence-electron chi connectivity index (χ0n) is 21.3. The second-order valence-corrected chi connectivity index (χ2v) is 8.87. The number of halogens is 1. The zero-order valence-corrected chi connectivity index (χ0v) is 22.0. The fourth-order valence-electron chi connectivity index (χ4n) is 3.95. The van der Waals surface area contributed by atoms with Crippen molar-refractivity contribution in [1.29, 1.82) is 0 Å². The van der Waals surface area contributed by atoms with Crippen LogP contribution in [0.2, 0.25) is 0 Å². The Balaban J connectivity index is 0.000000237. The number of carbonyl (C=O) groups is 2. The molecule has 2 aromatic rings. The van der Waals surface area contributed by atoms with E-state index in [0.29, 0.717) is 32.5 Å². The Morgan fingerprint density at radius 1 is 0.892 bits per heavy atom. The summed E-state index contributed by atoms with van der Waals surface area (Å²) in [6, 6.07) is 9.17. The van der Waals surface area contributed by atoms with Gasteiger partial charge in [-0.15, -0.1) is 11.6 Å². The zero-order chi connectivity index (χ0) is 27.7. The Labute approximate surface area is 220 Å². The minimum atomic E-state index is -0.438. The molecule has 37 heavy (non-hydrogen) atoms. The quantitative estimate of drug-likeness (QED) is 0.350. The van der Waals surface area contributed by atoms with Gasteiger partial charge in [0.15, 0.2) is 0 Å².